The van der Waals surface area contributed by atoms with Crippen molar-refractivity contribution in [2.75, 3.05) is 0 Å². The molecule has 2 rings (SSSR count). The third-order valence-electron chi connectivity index (χ3n) is 1.74. The van der Waals surface area contributed by atoms with Crippen LogP contribution in [0.2, 0.25) is 0 Å². The lowest BCUT2D eigenvalue weighted by Crippen LogP contribution is -2.12. The van der Waals surface area contributed by atoms with E-state index in [4.69, 9.17) is 5.73 Å². The number of fused-ring (bicyclic) bond motifs is 1. The highest BCUT2D eigenvalue weighted by molar-refractivity contribution is 5.94. The second kappa shape index (κ2) is 2.82. The lowest BCUT2D eigenvalue weighted by molar-refractivity contribution is 0.0996. The second-order valence-corrected chi connectivity index (χ2v) is 2.63. The zero-order valence-corrected chi connectivity index (χ0v) is 6.77. The first-order valence-electron chi connectivity index (χ1n) is 3.78. The normalized spacial score (nSPS) is 10.2. The first-order valence-corrected chi connectivity index (χ1v) is 3.78. The summed E-state index contributed by atoms with van der Waals surface area (Å²) in [6, 6.07) is 5.29. The Kier molecular flexibility index (Phi) is 1.66. The Balaban J connectivity index is 2.69. The zero-order chi connectivity index (χ0) is 9.26. The van der Waals surface area contributed by atoms with Gasteiger partial charge in [0, 0.05) is 11.6 Å². The van der Waals surface area contributed by atoms with Gasteiger partial charge in [0.15, 0.2) is 0 Å². The van der Waals surface area contributed by atoms with Gasteiger partial charge in [-0.05, 0) is 12.1 Å². The minimum absolute atomic E-state index is 0.264. The molecule has 2 aromatic heterocycles. The fraction of sp³-hybridized carbons (Fsp3) is 0. The van der Waals surface area contributed by atoms with Crippen LogP contribution in [0.4, 0.5) is 0 Å². The van der Waals surface area contributed by atoms with Gasteiger partial charge in [0.2, 0.25) is 0 Å². The van der Waals surface area contributed by atoms with Gasteiger partial charge in [0.25, 0.3) is 5.91 Å². The average molecular weight is 173 g/mol. The standard InChI is InChI=1S/C9H7N3O/c10-9(13)7-4-6-2-1-3-11-8(6)5-12-7/h1-5H,(H2,10,13). The number of hydrogen-bond acceptors (Lipinski definition) is 3. The molecule has 0 radical (unpaired) electrons. The Bertz CT molecular complexity index is 467. The monoisotopic (exact) mass is 173 g/mol. The van der Waals surface area contributed by atoms with Crippen molar-refractivity contribution in [2.24, 2.45) is 5.73 Å². The van der Waals surface area contributed by atoms with E-state index in [0.29, 0.717) is 0 Å². The molecule has 0 saturated heterocycles. The van der Waals surface area contributed by atoms with Gasteiger partial charge in [-0.3, -0.25) is 9.78 Å². The van der Waals surface area contributed by atoms with Crippen molar-refractivity contribution in [3.05, 3.63) is 36.3 Å². The van der Waals surface area contributed by atoms with Crippen molar-refractivity contribution in [3.63, 3.8) is 0 Å². The van der Waals surface area contributed by atoms with E-state index < -0.39 is 5.91 Å². The number of carbonyl (C=O) groups is 1. The molecule has 0 bridgehead atoms. The molecule has 0 aliphatic rings. The van der Waals surface area contributed by atoms with Crippen LogP contribution in [0.25, 0.3) is 10.9 Å². The molecule has 4 heteroatoms. The van der Waals surface area contributed by atoms with E-state index in [0.717, 1.165) is 10.9 Å². The molecule has 0 aromatic carbocycles. The van der Waals surface area contributed by atoms with E-state index in [2.05, 4.69) is 9.97 Å². The van der Waals surface area contributed by atoms with Gasteiger partial charge >= 0.3 is 0 Å². The van der Waals surface area contributed by atoms with Gasteiger partial charge in [-0.15, -0.1) is 0 Å². The number of nitrogens with zero attached hydrogens (tertiary/aromatic N) is 2. The lowest BCUT2D eigenvalue weighted by Gasteiger charge is -1.97. The zero-order valence-electron chi connectivity index (χ0n) is 6.77. The summed E-state index contributed by atoms with van der Waals surface area (Å²) in [7, 11) is 0. The highest BCUT2D eigenvalue weighted by Gasteiger charge is 2.02. The minimum Gasteiger partial charge on any atom is -0.364 e. The largest absolute Gasteiger partial charge is 0.364 e. The fourth-order valence-corrected chi connectivity index (χ4v) is 1.11. The number of nitrogens with two attached hydrogens (primary N) is 1. The third kappa shape index (κ3) is 1.33. The highest BCUT2D eigenvalue weighted by atomic mass is 16.1. The van der Waals surface area contributed by atoms with Crippen LogP contribution in [-0.2, 0) is 0 Å². The molecule has 13 heavy (non-hydrogen) atoms. The highest BCUT2D eigenvalue weighted by Crippen LogP contribution is 2.09. The molecule has 0 atom stereocenters. The summed E-state index contributed by atoms with van der Waals surface area (Å²) in [5, 5.41) is 0.867. The van der Waals surface area contributed by atoms with Gasteiger partial charge in [0.05, 0.1) is 11.7 Å². The molecule has 2 heterocycles. The molecule has 0 spiro atoms. The van der Waals surface area contributed by atoms with Crippen molar-refractivity contribution in [1.29, 1.82) is 0 Å². The first-order chi connectivity index (χ1) is 6.27. The predicted molar refractivity (Wildman–Crippen MR) is 48.1 cm³/mol. The summed E-state index contributed by atoms with van der Waals surface area (Å²) in [5.74, 6) is -0.522. The summed E-state index contributed by atoms with van der Waals surface area (Å²) in [4.78, 5) is 18.7. The number of carbonyl (C=O) groups excluding carboxylic acids is 1. The van der Waals surface area contributed by atoms with Crippen LogP contribution in [0.15, 0.2) is 30.6 Å². The van der Waals surface area contributed by atoms with Gasteiger partial charge in [-0.2, -0.15) is 0 Å². The molecule has 0 unspecified atom stereocenters. The summed E-state index contributed by atoms with van der Waals surface area (Å²) >= 11 is 0. The third-order valence-corrected chi connectivity index (χ3v) is 1.74. The Labute approximate surface area is 74.4 Å². The maximum Gasteiger partial charge on any atom is 0.267 e. The van der Waals surface area contributed by atoms with E-state index in [1.54, 1.807) is 18.3 Å². The summed E-state index contributed by atoms with van der Waals surface area (Å²) < 4.78 is 0. The summed E-state index contributed by atoms with van der Waals surface area (Å²) in [6.07, 6.45) is 3.21. The van der Waals surface area contributed by atoms with Crippen molar-refractivity contribution < 1.29 is 4.79 Å². The lowest BCUT2D eigenvalue weighted by atomic mass is 10.2. The predicted octanol–water partition coefficient (Wildman–Crippen LogP) is 0.729. The number of pyridine rings is 2. The van der Waals surface area contributed by atoms with Crippen LogP contribution in [0.3, 0.4) is 0 Å². The van der Waals surface area contributed by atoms with Crippen LogP contribution in [-0.4, -0.2) is 15.9 Å². The smallest absolute Gasteiger partial charge is 0.267 e. The van der Waals surface area contributed by atoms with Crippen LogP contribution < -0.4 is 5.73 Å². The maximum absolute atomic E-state index is 10.8. The van der Waals surface area contributed by atoms with E-state index in [9.17, 15) is 4.79 Å². The molecular formula is C9H7N3O. The average Bonchev–Trinajstić information content (AvgIpc) is 2.17. The number of hydrogen-bond donors (Lipinski definition) is 1. The van der Waals surface area contributed by atoms with Crippen LogP contribution in [0, 0.1) is 0 Å². The van der Waals surface area contributed by atoms with Crippen molar-refractivity contribution in [3.8, 4) is 0 Å². The first kappa shape index (κ1) is 7.67. The van der Waals surface area contributed by atoms with Gasteiger partial charge < -0.3 is 5.73 Å². The molecule has 4 nitrogen and oxygen atoms in total. The van der Waals surface area contributed by atoms with Crippen molar-refractivity contribution >= 4 is 16.8 Å². The quantitative estimate of drug-likeness (QED) is 0.691. The maximum atomic E-state index is 10.8. The van der Waals surface area contributed by atoms with Gasteiger partial charge in [-0.25, -0.2) is 4.98 Å². The topological polar surface area (TPSA) is 68.9 Å². The molecule has 1 amide bonds. The summed E-state index contributed by atoms with van der Waals surface area (Å²) in [6.45, 7) is 0. The fourth-order valence-electron chi connectivity index (χ4n) is 1.11. The number of aromatic nitrogens is 2. The Morgan fingerprint density at radius 1 is 1.38 bits per heavy atom. The number of primary amides is 1. The van der Waals surface area contributed by atoms with E-state index in [1.807, 2.05) is 6.07 Å². The Hall–Kier alpha value is -1.97. The van der Waals surface area contributed by atoms with Gasteiger partial charge in [0.1, 0.15) is 5.69 Å². The van der Waals surface area contributed by atoms with E-state index >= 15 is 0 Å². The molecule has 0 aliphatic carbocycles. The molecule has 2 aromatic rings. The Morgan fingerprint density at radius 3 is 3.00 bits per heavy atom. The number of amides is 1. The van der Waals surface area contributed by atoms with Gasteiger partial charge in [-0.1, -0.05) is 6.07 Å². The molecule has 64 valence electrons. The van der Waals surface area contributed by atoms with Crippen LogP contribution in [0.5, 0.6) is 0 Å². The second-order valence-electron chi connectivity index (χ2n) is 2.63. The van der Waals surface area contributed by atoms with Crippen LogP contribution >= 0.6 is 0 Å². The van der Waals surface area contributed by atoms with E-state index in [-0.39, 0.29) is 5.69 Å². The molecule has 0 saturated carbocycles. The molecule has 2 N–H and O–H groups in total. The molecule has 0 fully saturated rings. The Morgan fingerprint density at radius 2 is 2.23 bits per heavy atom. The molecular weight excluding hydrogens is 166 g/mol. The minimum atomic E-state index is -0.522. The van der Waals surface area contributed by atoms with Crippen LogP contribution in [0.1, 0.15) is 10.5 Å². The van der Waals surface area contributed by atoms with Crippen molar-refractivity contribution in [1.82, 2.24) is 9.97 Å². The number of rotatable bonds is 1. The summed E-state index contributed by atoms with van der Waals surface area (Å²) in [5.41, 5.74) is 6.10. The van der Waals surface area contributed by atoms with E-state index in [1.165, 1.54) is 6.20 Å². The van der Waals surface area contributed by atoms with Crippen molar-refractivity contribution in [2.45, 2.75) is 0 Å². The SMILES string of the molecule is NC(=O)c1cc2cccnc2cn1. The molecule has 0 aliphatic heterocycles.